The number of benzene rings is 2. The summed E-state index contributed by atoms with van der Waals surface area (Å²) in [4.78, 5) is 16.7. The average Bonchev–Trinajstić information content (AvgIpc) is 2.74. The fourth-order valence-corrected chi connectivity index (χ4v) is 3.91. The van der Waals surface area contributed by atoms with Crippen molar-refractivity contribution in [3.63, 3.8) is 0 Å². The summed E-state index contributed by atoms with van der Waals surface area (Å²) in [6, 6.07) is 13.0. The van der Waals surface area contributed by atoms with Crippen LogP contribution in [0.4, 0.5) is 11.4 Å². The number of fused-ring (bicyclic) bond motifs is 1. The van der Waals surface area contributed by atoms with Crippen molar-refractivity contribution < 1.29 is 22.7 Å². The molecule has 4 rings (SSSR count). The molecule has 154 valence electrons. The number of nitrogens with one attached hydrogen (secondary N) is 2. The molecule has 0 atom stereocenters. The van der Waals surface area contributed by atoms with Gasteiger partial charge in [0.05, 0.1) is 22.3 Å². The highest BCUT2D eigenvalue weighted by atomic mass is 32.2. The van der Waals surface area contributed by atoms with Crippen LogP contribution in [-0.2, 0) is 10.0 Å². The lowest BCUT2D eigenvalue weighted by atomic mass is 10.2. The molecule has 1 amide bonds. The van der Waals surface area contributed by atoms with E-state index in [4.69, 9.17) is 9.47 Å². The zero-order valence-corrected chi connectivity index (χ0v) is 16.9. The number of pyridine rings is 1. The molecule has 1 aliphatic rings. The lowest BCUT2D eigenvalue weighted by Crippen LogP contribution is -2.17. The predicted molar refractivity (Wildman–Crippen MR) is 112 cm³/mol. The topological polar surface area (TPSA) is 107 Å². The van der Waals surface area contributed by atoms with Crippen molar-refractivity contribution in [1.29, 1.82) is 0 Å². The molecule has 0 unspecified atom stereocenters. The van der Waals surface area contributed by atoms with E-state index in [1.165, 1.54) is 30.6 Å². The van der Waals surface area contributed by atoms with Gasteiger partial charge in [-0.1, -0.05) is 17.7 Å². The zero-order valence-electron chi connectivity index (χ0n) is 16.1. The molecule has 1 aromatic heterocycles. The third kappa shape index (κ3) is 4.36. The van der Waals surface area contributed by atoms with Crippen molar-refractivity contribution in [1.82, 2.24) is 4.98 Å². The number of carbonyl (C=O) groups is 1. The molecule has 0 radical (unpaired) electrons. The third-order valence-electron chi connectivity index (χ3n) is 4.38. The molecule has 8 nitrogen and oxygen atoms in total. The minimum Gasteiger partial charge on any atom is -0.486 e. The van der Waals surface area contributed by atoms with Gasteiger partial charge in [-0.05, 0) is 37.3 Å². The Morgan fingerprint density at radius 3 is 2.43 bits per heavy atom. The molecule has 0 spiro atoms. The highest BCUT2D eigenvalue weighted by molar-refractivity contribution is 7.92. The molecule has 0 aliphatic carbocycles. The molecule has 0 bridgehead atoms. The second-order valence-electron chi connectivity index (χ2n) is 6.69. The molecule has 2 aromatic carbocycles. The van der Waals surface area contributed by atoms with Crippen LogP contribution in [0.5, 0.6) is 11.5 Å². The van der Waals surface area contributed by atoms with Gasteiger partial charge in [0, 0.05) is 18.0 Å². The highest BCUT2D eigenvalue weighted by Crippen LogP contribution is 2.32. The Labute approximate surface area is 173 Å². The fourth-order valence-electron chi connectivity index (χ4n) is 2.88. The second-order valence-corrected chi connectivity index (χ2v) is 8.38. The summed E-state index contributed by atoms with van der Waals surface area (Å²) in [5, 5.41) is 2.74. The number of aromatic nitrogens is 1. The second kappa shape index (κ2) is 8.03. The van der Waals surface area contributed by atoms with E-state index in [0.717, 1.165) is 5.56 Å². The molecule has 30 heavy (non-hydrogen) atoms. The summed E-state index contributed by atoms with van der Waals surface area (Å²) in [6.07, 6.45) is 2.70. The lowest BCUT2D eigenvalue weighted by Gasteiger charge is -2.19. The largest absolute Gasteiger partial charge is 0.486 e. The summed E-state index contributed by atoms with van der Waals surface area (Å²) in [7, 11) is -3.79. The minimum absolute atomic E-state index is 0.124. The standard InChI is InChI=1S/C21H19N3O5S/c1-14-2-5-18(6-3-14)30(26,27)24-17-10-15(12-22-13-17)21(25)23-16-4-7-19-20(11-16)29-9-8-28-19/h2-7,10-13,24H,8-9H2,1H3,(H,23,25). The van der Waals surface area contributed by atoms with Gasteiger partial charge in [0.25, 0.3) is 15.9 Å². The van der Waals surface area contributed by atoms with Crippen molar-refractivity contribution in [2.75, 3.05) is 23.3 Å². The number of carbonyl (C=O) groups excluding carboxylic acids is 1. The molecule has 0 saturated carbocycles. The van der Waals surface area contributed by atoms with Crippen LogP contribution in [0.2, 0.25) is 0 Å². The first-order valence-electron chi connectivity index (χ1n) is 9.16. The quantitative estimate of drug-likeness (QED) is 0.650. The van der Waals surface area contributed by atoms with Crippen LogP contribution >= 0.6 is 0 Å². The van der Waals surface area contributed by atoms with Crippen molar-refractivity contribution in [3.8, 4) is 11.5 Å². The first-order valence-corrected chi connectivity index (χ1v) is 10.6. The van der Waals surface area contributed by atoms with Gasteiger partial charge >= 0.3 is 0 Å². The van der Waals surface area contributed by atoms with Crippen LogP contribution in [-0.4, -0.2) is 32.5 Å². The van der Waals surface area contributed by atoms with Crippen molar-refractivity contribution in [3.05, 3.63) is 72.1 Å². The highest BCUT2D eigenvalue weighted by Gasteiger charge is 2.17. The summed E-state index contributed by atoms with van der Waals surface area (Å²) >= 11 is 0. The molecule has 0 saturated heterocycles. The Morgan fingerprint density at radius 1 is 0.933 bits per heavy atom. The predicted octanol–water partition coefficient (Wildman–Crippen LogP) is 3.21. The Bertz CT molecular complexity index is 1190. The first-order chi connectivity index (χ1) is 14.4. The summed E-state index contributed by atoms with van der Waals surface area (Å²) < 4.78 is 38.5. The van der Waals surface area contributed by atoms with Crippen molar-refractivity contribution in [2.24, 2.45) is 0 Å². The average molecular weight is 425 g/mol. The maximum absolute atomic E-state index is 12.6. The van der Waals surface area contributed by atoms with Crippen LogP contribution < -0.4 is 19.5 Å². The molecular weight excluding hydrogens is 406 g/mol. The molecule has 2 N–H and O–H groups in total. The van der Waals surface area contributed by atoms with E-state index in [1.54, 1.807) is 30.3 Å². The third-order valence-corrected chi connectivity index (χ3v) is 5.78. The smallest absolute Gasteiger partial charge is 0.261 e. The number of rotatable bonds is 5. The van der Waals surface area contributed by atoms with E-state index in [0.29, 0.717) is 30.4 Å². The van der Waals surface area contributed by atoms with Crippen molar-refractivity contribution >= 4 is 27.3 Å². The number of anilines is 2. The van der Waals surface area contributed by atoms with Crippen LogP contribution in [0, 0.1) is 6.92 Å². The van der Waals surface area contributed by atoms with Gasteiger partial charge in [-0.3, -0.25) is 14.5 Å². The number of hydrogen-bond donors (Lipinski definition) is 2. The van der Waals surface area contributed by atoms with Crippen molar-refractivity contribution in [2.45, 2.75) is 11.8 Å². The van der Waals surface area contributed by atoms with E-state index in [-0.39, 0.29) is 16.1 Å². The van der Waals surface area contributed by atoms with Crippen LogP contribution in [0.3, 0.4) is 0 Å². The van der Waals surface area contributed by atoms with Gasteiger partial charge in [-0.2, -0.15) is 0 Å². The Hall–Kier alpha value is -3.59. The van der Waals surface area contributed by atoms with Gasteiger partial charge < -0.3 is 14.8 Å². The zero-order chi connectivity index (χ0) is 21.1. The van der Waals surface area contributed by atoms with E-state index in [1.807, 2.05) is 6.92 Å². The van der Waals surface area contributed by atoms with Gasteiger partial charge in [-0.25, -0.2) is 8.42 Å². The van der Waals surface area contributed by atoms with Gasteiger partial charge in [0.1, 0.15) is 13.2 Å². The molecule has 2 heterocycles. The van der Waals surface area contributed by atoms with E-state index >= 15 is 0 Å². The molecule has 0 fully saturated rings. The van der Waals surface area contributed by atoms with Crippen LogP contribution in [0.15, 0.2) is 65.8 Å². The lowest BCUT2D eigenvalue weighted by molar-refractivity contribution is 0.102. The number of amides is 1. The van der Waals surface area contributed by atoms with Gasteiger partial charge in [-0.15, -0.1) is 0 Å². The number of hydrogen-bond acceptors (Lipinski definition) is 6. The first kappa shape index (κ1) is 19.7. The molecular formula is C21H19N3O5S. The number of aryl methyl sites for hydroxylation is 1. The Kier molecular flexibility index (Phi) is 5.28. The van der Waals surface area contributed by atoms with E-state index in [9.17, 15) is 13.2 Å². The Balaban J connectivity index is 1.50. The maximum atomic E-state index is 12.6. The Morgan fingerprint density at radius 2 is 1.67 bits per heavy atom. The molecule has 1 aliphatic heterocycles. The van der Waals surface area contributed by atoms with Gasteiger partial charge in [0.15, 0.2) is 11.5 Å². The number of nitrogens with zero attached hydrogens (tertiary/aromatic N) is 1. The minimum atomic E-state index is -3.79. The number of sulfonamides is 1. The molecule has 9 heteroatoms. The van der Waals surface area contributed by atoms with Gasteiger partial charge in [0.2, 0.25) is 0 Å². The van der Waals surface area contributed by atoms with E-state index in [2.05, 4.69) is 15.0 Å². The summed E-state index contributed by atoms with van der Waals surface area (Å²) in [5.74, 6) is 0.737. The molecule has 3 aromatic rings. The number of ether oxygens (including phenoxy) is 2. The maximum Gasteiger partial charge on any atom is 0.261 e. The van der Waals surface area contributed by atoms with Crippen LogP contribution in [0.1, 0.15) is 15.9 Å². The SMILES string of the molecule is Cc1ccc(S(=O)(=O)Nc2cncc(C(=O)Nc3ccc4c(c3)OCCO4)c2)cc1. The fraction of sp³-hybridized carbons (Fsp3) is 0.143. The summed E-state index contributed by atoms with van der Waals surface area (Å²) in [5.41, 5.74) is 1.86. The van der Waals surface area contributed by atoms with Crippen LogP contribution in [0.25, 0.3) is 0 Å². The normalized spacial score (nSPS) is 12.8. The van der Waals surface area contributed by atoms with E-state index < -0.39 is 15.9 Å². The summed E-state index contributed by atoms with van der Waals surface area (Å²) in [6.45, 7) is 2.80. The monoisotopic (exact) mass is 425 g/mol.